The number of nitrogens with zero attached hydrogens (tertiary/aromatic N) is 1. The zero-order valence-corrected chi connectivity index (χ0v) is 9.88. The molecule has 0 aromatic heterocycles. The summed E-state index contributed by atoms with van der Waals surface area (Å²) in [4.78, 5) is 3.83. The third kappa shape index (κ3) is 4.77. The number of halogens is 1. The third-order valence-electron chi connectivity index (χ3n) is 1.34. The van der Waals surface area contributed by atoms with Crippen molar-refractivity contribution in [2.45, 2.75) is 6.92 Å². The zero-order valence-electron chi connectivity index (χ0n) is 8.29. The van der Waals surface area contributed by atoms with Crippen LogP contribution in [0.15, 0.2) is 35.3 Å². The molecule has 0 aliphatic heterocycles. The molecule has 3 nitrogen and oxygen atoms in total. The lowest BCUT2D eigenvalue weighted by atomic mass is 10.2. The molecule has 4 heteroatoms. The monoisotopic (exact) mass is 255 g/mol. The van der Waals surface area contributed by atoms with Crippen LogP contribution in [0.5, 0.6) is 0 Å². The first kappa shape index (κ1) is 12.8. The highest BCUT2D eigenvalue weighted by Crippen LogP contribution is 1.99. The molecule has 14 heavy (non-hydrogen) atoms. The molecule has 0 amide bonds. The SMILES string of the molecule is CBr.CC(N)=NC(=N)c1ccccc1. The number of nitrogens with two attached hydrogens (primary N) is 1. The van der Waals surface area contributed by atoms with Gasteiger partial charge in [-0.25, -0.2) is 4.99 Å². The maximum atomic E-state index is 7.49. The standard InChI is InChI=1S/C9H11N3.CH3Br/c1-7(10)12-9(11)8-5-3-2-4-6-8;1-2/h2-6H,1H3,(H3,10,11,12);1H3. The van der Waals surface area contributed by atoms with E-state index < -0.39 is 0 Å². The zero-order chi connectivity index (χ0) is 11.0. The van der Waals surface area contributed by atoms with Crippen molar-refractivity contribution in [1.82, 2.24) is 0 Å². The molecule has 76 valence electrons. The van der Waals surface area contributed by atoms with Crippen molar-refractivity contribution in [1.29, 1.82) is 5.41 Å². The van der Waals surface area contributed by atoms with Crippen molar-refractivity contribution in [3.63, 3.8) is 0 Å². The molecule has 0 fully saturated rings. The Morgan fingerprint density at radius 2 is 1.79 bits per heavy atom. The largest absolute Gasteiger partial charge is 0.387 e. The fraction of sp³-hybridized carbons (Fsp3) is 0.200. The third-order valence-corrected chi connectivity index (χ3v) is 1.34. The average molecular weight is 256 g/mol. The van der Waals surface area contributed by atoms with Crippen molar-refractivity contribution in [2.24, 2.45) is 10.7 Å². The normalized spacial score (nSPS) is 10.1. The molecule has 1 aromatic carbocycles. The summed E-state index contributed by atoms with van der Waals surface area (Å²) >= 11 is 2.94. The van der Waals surface area contributed by atoms with Gasteiger partial charge in [0.25, 0.3) is 0 Å². The van der Waals surface area contributed by atoms with Crippen LogP contribution in [0.4, 0.5) is 0 Å². The Kier molecular flexibility index (Phi) is 6.66. The number of benzene rings is 1. The van der Waals surface area contributed by atoms with E-state index in [9.17, 15) is 0 Å². The highest BCUT2D eigenvalue weighted by molar-refractivity contribution is 9.08. The highest BCUT2D eigenvalue weighted by Gasteiger charge is 1.96. The molecule has 3 N–H and O–H groups in total. The molecule has 0 radical (unpaired) electrons. The van der Waals surface area contributed by atoms with Crippen LogP contribution in [-0.2, 0) is 0 Å². The summed E-state index contributed by atoms with van der Waals surface area (Å²) in [6, 6.07) is 9.29. The number of hydrogen-bond acceptors (Lipinski definition) is 1. The van der Waals surface area contributed by atoms with Gasteiger partial charge in [0.1, 0.15) is 0 Å². The minimum absolute atomic E-state index is 0.204. The average Bonchev–Trinajstić information content (AvgIpc) is 2.21. The summed E-state index contributed by atoms with van der Waals surface area (Å²) in [5, 5.41) is 7.49. The van der Waals surface area contributed by atoms with E-state index in [-0.39, 0.29) is 5.84 Å². The molecule has 0 saturated carbocycles. The van der Waals surface area contributed by atoms with Crippen molar-refractivity contribution < 1.29 is 0 Å². The maximum absolute atomic E-state index is 7.49. The topological polar surface area (TPSA) is 62.2 Å². The van der Waals surface area contributed by atoms with Crippen LogP contribution in [0.1, 0.15) is 12.5 Å². The van der Waals surface area contributed by atoms with Gasteiger partial charge in [0.15, 0.2) is 5.84 Å². The molecule has 0 aliphatic carbocycles. The highest BCUT2D eigenvalue weighted by atomic mass is 79.9. The van der Waals surface area contributed by atoms with Crippen LogP contribution in [-0.4, -0.2) is 17.5 Å². The molecule has 1 aromatic rings. The summed E-state index contributed by atoms with van der Waals surface area (Å²) in [7, 11) is 0. The van der Waals surface area contributed by atoms with E-state index in [4.69, 9.17) is 11.1 Å². The summed E-state index contributed by atoms with van der Waals surface area (Å²) in [5.41, 5.74) is 6.12. The van der Waals surface area contributed by atoms with Crippen molar-refractivity contribution in [2.75, 3.05) is 5.83 Å². The molecule has 0 heterocycles. The van der Waals surface area contributed by atoms with Crippen molar-refractivity contribution in [3.05, 3.63) is 35.9 Å². The van der Waals surface area contributed by atoms with Crippen LogP contribution >= 0.6 is 15.9 Å². The molecular formula is C10H14BrN3. The van der Waals surface area contributed by atoms with Crippen LogP contribution < -0.4 is 5.73 Å². The second kappa shape index (κ2) is 7.26. The van der Waals surface area contributed by atoms with Crippen LogP contribution in [0.3, 0.4) is 0 Å². The van der Waals surface area contributed by atoms with Crippen LogP contribution in [0, 0.1) is 5.41 Å². The molecular weight excluding hydrogens is 242 g/mol. The van der Waals surface area contributed by atoms with E-state index in [1.165, 1.54) is 0 Å². The minimum atomic E-state index is 0.204. The van der Waals surface area contributed by atoms with E-state index in [2.05, 4.69) is 20.9 Å². The number of aliphatic imine (C=N–C) groups is 1. The molecule has 0 atom stereocenters. The second-order valence-electron chi connectivity index (χ2n) is 2.47. The Labute approximate surface area is 92.7 Å². The minimum Gasteiger partial charge on any atom is -0.387 e. The van der Waals surface area contributed by atoms with Gasteiger partial charge < -0.3 is 5.73 Å². The van der Waals surface area contributed by atoms with Gasteiger partial charge >= 0.3 is 0 Å². The summed E-state index contributed by atoms with van der Waals surface area (Å²) < 4.78 is 0. The molecule has 0 unspecified atom stereocenters. The van der Waals surface area contributed by atoms with Crippen molar-refractivity contribution >= 4 is 27.6 Å². The number of rotatable bonds is 1. The van der Waals surface area contributed by atoms with E-state index in [0.29, 0.717) is 5.84 Å². The summed E-state index contributed by atoms with van der Waals surface area (Å²) in [6.07, 6.45) is 0. The Balaban J connectivity index is 0.000000791. The Hall–Kier alpha value is -1.16. The first-order valence-corrected chi connectivity index (χ1v) is 5.61. The van der Waals surface area contributed by atoms with E-state index in [1.54, 1.807) is 6.92 Å². The lowest BCUT2D eigenvalue weighted by Gasteiger charge is -1.97. The molecule has 0 bridgehead atoms. The Morgan fingerprint density at radius 1 is 1.29 bits per heavy atom. The first-order valence-electron chi connectivity index (χ1n) is 4.02. The van der Waals surface area contributed by atoms with E-state index in [1.807, 2.05) is 36.2 Å². The second-order valence-corrected chi connectivity index (χ2v) is 2.47. The molecule has 0 aliphatic rings. The number of hydrogen-bond donors (Lipinski definition) is 2. The fourth-order valence-corrected chi connectivity index (χ4v) is 0.837. The number of amidine groups is 2. The van der Waals surface area contributed by atoms with Crippen molar-refractivity contribution in [3.8, 4) is 0 Å². The van der Waals surface area contributed by atoms with Gasteiger partial charge in [-0.1, -0.05) is 46.3 Å². The van der Waals surface area contributed by atoms with Gasteiger partial charge in [-0.15, -0.1) is 0 Å². The van der Waals surface area contributed by atoms with Gasteiger partial charge in [-0.2, -0.15) is 0 Å². The quantitative estimate of drug-likeness (QED) is 0.452. The number of nitrogens with one attached hydrogen (secondary N) is 1. The van der Waals surface area contributed by atoms with Crippen LogP contribution in [0.2, 0.25) is 0 Å². The van der Waals surface area contributed by atoms with Gasteiger partial charge in [0, 0.05) is 5.56 Å². The van der Waals surface area contributed by atoms with Gasteiger partial charge in [-0.05, 0) is 12.8 Å². The van der Waals surface area contributed by atoms with Crippen LogP contribution in [0.25, 0.3) is 0 Å². The maximum Gasteiger partial charge on any atom is 0.153 e. The predicted molar refractivity (Wildman–Crippen MR) is 65.4 cm³/mol. The van der Waals surface area contributed by atoms with Gasteiger partial charge in [-0.3, -0.25) is 5.41 Å². The lowest BCUT2D eigenvalue weighted by Crippen LogP contribution is -2.09. The first-order chi connectivity index (χ1) is 6.70. The van der Waals surface area contributed by atoms with Gasteiger partial charge in [0.05, 0.1) is 5.84 Å². The Bertz CT molecular complexity index is 302. The Morgan fingerprint density at radius 3 is 2.21 bits per heavy atom. The molecule has 1 rings (SSSR count). The van der Waals surface area contributed by atoms with E-state index >= 15 is 0 Å². The lowest BCUT2D eigenvalue weighted by molar-refractivity contribution is 1.39. The predicted octanol–water partition coefficient (Wildman–Crippen LogP) is 2.40. The fourth-order valence-electron chi connectivity index (χ4n) is 0.837. The van der Waals surface area contributed by atoms with Gasteiger partial charge in [0.2, 0.25) is 0 Å². The number of alkyl halides is 1. The molecule has 0 saturated heterocycles. The van der Waals surface area contributed by atoms with E-state index in [0.717, 1.165) is 5.56 Å². The summed E-state index contributed by atoms with van der Waals surface area (Å²) in [5.74, 6) is 2.42. The smallest absolute Gasteiger partial charge is 0.153 e. The molecule has 0 spiro atoms. The summed E-state index contributed by atoms with van der Waals surface area (Å²) in [6.45, 7) is 1.66.